The Kier molecular flexibility index (Phi) is 5.72. The summed E-state index contributed by atoms with van der Waals surface area (Å²) in [5.74, 6) is 0.0292. The third-order valence-electron chi connectivity index (χ3n) is 5.12. The van der Waals surface area contributed by atoms with Gasteiger partial charge in [-0.2, -0.15) is 0 Å². The topological polar surface area (TPSA) is 68.6 Å². The first kappa shape index (κ1) is 19.6. The highest BCUT2D eigenvalue weighted by Gasteiger charge is 2.35. The second kappa shape index (κ2) is 7.86. The number of hydrogen-bond donors (Lipinski definition) is 0. The van der Waals surface area contributed by atoms with Crippen molar-refractivity contribution in [3.63, 3.8) is 0 Å². The number of carbonyl (C=O) groups is 1. The molecule has 1 saturated heterocycles. The molecule has 0 spiro atoms. The van der Waals surface area contributed by atoms with Crippen LogP contribution in [0.1, 0.15) is 28.2 Å². The fraction of sp³-hybridized carbons (Fsp3) is 0.450. The molecular formula is C20H26N2O4S. The second-order valence-electron chi connectivity index (χ2n) is 7.00. The van der Waals surface area contributed by atoms with Crippen molar-refractivity contribution in [1.82, 2.24) is 9.47 Å². The predicted molar refractivity (Wildman–Crippen MR) is 105 cm³/mol. The molecule has 1 fully saturated rings. The standard InChI is InChI=1S/C20H26N2O4S/c1-15-13-19(16(2)22(15)17-7-5-4-6-8-17)20(23)21(10-11-26-3)18-9-12-27(24,25)14-18/h4-8,13,18H,9-12,14H2,1-3H3. The van der Waals surface area contributed by atoms with Crippen LogP contribution in [0.4, 0.5) is 0 Å². The summed E-state index contributed by atoms with van der Waals surface area (Å²) in [5.41, 5.74) is 3.43. The highest BCUT2D eigenvalue weighted by Crippen LogP contribution is 2.25. The van der Waals surface area contributed by atoms with Crippen LogP contribution < -0.4 is 0 Å². The zero-order valence-corrected chi connectivity index (χ0v) is 16.8. The van der Waals surface area contributed by atoms with E-state index in [2.05, 4.69) is 0 Å². The van der Waals surface area contributed by atoms with E-state index in [1.807, 2.05) is 54.8 Å². The molecule has 1 aromatic carbocycles. The fourth-order valence-electron chi connectivity index (χ4n) is 3.77. The van der Waals surface area contributed by atoms with Crippen LogP contribution in [0.2, 0.25) is 0 Å². The molecule has 1 amide bonds. The molecule has 6 nitrogen and oxygen atoms in total. The molecule has 1 aromatic heterocycles. The van der Waals surface area contributed by atoms with E-state index in [1.165, 1.54) is 0 Å². The van der Waals surface area contributed by atoms with Gasteiger partial charge in [0.1, 0.15) is 0 Å². The number of methoxy groups -OCH3 is 1. The third kappa shape index (κ3) is 4.09. The van der Waals surface area contributed by atoms with E-state index in [0.717, 1.165) is 17.1 Å². The molecule has 2 heterocycles. The normalized spacial score (nSPS) is 18.6. The van der Waals surface area contributed by atoms with Gasteiger partial charge in [0, 0.05) is 36.8 Å². The first-order valence-corrected chi connectivity index (χ1v) is 10.9. The van der Waals surface area contributed by atoms with Crippen LogP contribution in [0, 0.1) is 13.8 Å². The molecule has 0 bridgehead atoms. The number of amides is 1. The lowest BCUT2D eigenvalue weighted by atomic mass is 10.1. The van der Waals surface area contributed by atoms with E-state index < -0.39 is 9.84 Å². The molecule has 3 rings (SSSR count). The van der Waals surface area contributed by atoms with Crippen LogP contribution in [0.3, 0.4) is 0 Å². The van der Waals surface area contributed by atoms with Gasteiger partial charge < -0.3 is 14.2 Å². The van der Waals surface area contributed by atoms with Gasteiger partial charge in [0.25, 0.3) is 5.91 Å². The molecule has 0 radical (unpaired) electrons. The highest BCUT2D eigenvalue weighted by molar-refractivity contribution is 7.91. The number of benzene rings is 1. The molecule has 146 valence electrons. The number of rotatable bonds is 6. The summed E-state index contributed by atoms with van der Waals surface area (Å²) in [4.78, 5) is 15.0. The van der Waals surface area contributed by atoms with Crippen LogP contribution >= 0.6 is 0 Å². The summed E-state index contributed by atoms with van der Waals surface area (Å²) in [6.07, 6.45) is 0.481. The minimum atomic E-state index is -3.08. The van der Waals surface area contributed by atoms with Crippen molar-refractivity contribution in [3.8, 4) is 5.69 Å². The van der Waals surface area contributed by atoms with Gasteiger partial charge in [0.15, 0.2) is 9.84 Å². The minimum Gasteiger partial charge on any atom is -0.383 e. The molecule has 0 N–H and O–H groups in total. The molecule has 27 heavy (non-hydrogen) atoms. The van der Waals surface area contributed by atoms with Gasteiger partial charge >= 0.3 is 0 Å². The van der Waals surface area contributed by atoms with Crippen molar-refractivity contribution < 1.29 is 17.9 Å². The minimum absolute atomic E-state index is 0.0277. The Morgan fingerprint density at radius 2 is 1.96 bits per heavy atom. The van der Waals surface area contributed by atoms with Crippen molar-refractivity contribution in [1.29, 1.82) is 0 Å². The lowest BCUT2D eigenvalue weighted by Crippen LogP contribution is -2.43. The summed E-state index contributed by atoms with van der Waals surface area (Å²) < 4.78 is 31.0. The Morgan fingerprint density at radius 1 is 1.26 bits per heavy atom. The van der Waals surface area contributed by atoms with Crippen molar-refractivity contribution in [2.75, 3.05) is 31.8 Å². The van der Waals surface area contributed by atoms with Crippen LogP contribution in [-0.4, -0.2) is 61.6 Å². The zero-order valence-electron chi connectivity index (χ0n) is 16.0. The van der Waals surface area contributed by atoms with E-state index in [1.54, 1.807) is 12.0 Å². The molecule has 1 aliphatic heterocycles. The van der Waals surface area contributed by atoms with Crippen LogP contribution in [-0.2, 0) is 14.6 Å². The fourth-order valence-corrected chi connectivity index (χ4v) is 5.50. The molecule has 0 saturated carbocycles. The summed E-state index contributed by atoms with van der Waals surface area (Å²) in [7, 11) is -1.50. The number of nitrogens with zero attached hydrogens (tertiary/aromatic N) is 2. The summed E-state index contributed by atoms with van der Waals surface area (Å²) in [6, 6.07) is 11.5. The predicted octanol–water partition coefficient (Wildman–Crippen LogP) is 2.37. The molecule has 1 unspecified atom stereocenters. The summed E-state index contributed by atoms with van der Waals surface area (Å²) in [5, 5.41) is 0. The molecule has 1 atom stereocenters. The molecule has 0 aliphatic carbocycles. The van der Waals surface area contributed by atoms with Crippen LogP contribution in [0.5, 0.6) is 0 Å². The number of para-hydroxylation sites is 1. The Balaban J connectivity index is 1.95. The van der Waals surface area contributed by atoms with E-state index in [-0.39, 0.29) is 23.5 Å². The van der Waals surface area contributed by atoms with Gasteiger partial charge in [-0.25, -0.2) is 8.42 Å². The van der Waals surface area contributed by atoms with Gasteiger partial charge in [-0.3, -0.25) is 4.79 Å². The van der Waals surface area contributed by atoms with Gasteiger partial charge in [-0.1, -0.05) is 18.2 Å². The average molecular weight is 391 g/mol. The number of ether oxygens (including phenoxy) is 1. The smallest absolute Gasteiger partial charge is 0.256 e. The third-order valence-corrected chi connectivity index (χ3v) is 6.87. The lowest BCUT2D eigenvalue weighted by molar-refractivity contribution is 0.0623. The zero-order chi connectivity index (χ0) is 19.6. The number of sulfone groups is 1. The maximum absolute atomic E-state index is 13.3. The second-order valence-corrected chi connectivity index (χ2v) is 9.23. The number of aromatic nitrogens is 1. The quantitative estimate of drug-likeness (QED) is 0.759. The largest absolute Gasteiger partial charge is 0.383 e. The van der Waals surface area contributed by atoms with E-state index in [9.17, 15) is 13.2 Å². The van der Waals surface area contributed by atoms with Crippen molar-refractivity contribution in [2.45, 2.75) is 26.3 Å². The van der Waals surface area contributed by atoms with Crippen LogP contribution in [0.25, 0.3) is 5.69 Å². The Hall–Kier alpha value is -2.12. The SMILES string of the molecule is COCCN(C(=O)c1cc(C)n(-c2ccccc2)c1C)C1CCS(=O)(=O)C1. The van der Waals surface area contributed by atoms with Crippen molar-refractivity contribution in [3.05, 3.63) is 53.3 Å². The number of carbonyl (C=O) groups excluding carboxylic acids is 1. The summed E-state index contributed by atoms with van der Waals surface area (Å²) >= 11 is 0. The van der Waals surface area contributed by atoms with Crippen molar-refractivity contribution >= 4 is 15.7 Å². The van der Waals surface area contributed by atoms with E-state index in [4.69, 9.17) is 4.74 Å². The van der Waals surface area contributed by atoms with E-state index >= 15 is 0 Å². The van der Waals surface area contributed by atoms with E-state index in [0.29, 0.717) is 25.1 Å². The maximum atomic E-state index is 13.3. The van der Waals surface area contributed by atoms with Gasteiger partial charge in [-0.05, 0) is 38.5 Å². The molecule has 1 aliphatic rings. The number of aryl methyl sites for hydroxylation is 1. The maximum Gasteiger partial charge on any atom is 0.256 e. The Bertz CT molecular complexity index is 919. The number of hydrogen-bond acceptors (Lipinski definition) is 4. The summed E-state index contributed by atoms with van der Waals surface area (Å²) in [6.45, 7) is 4.65. The van der Waals surface area contributed by atoms with Crippen LogP contribution in [0.15, 0.2) is 36.4 Å². The van der Waals surface area contributed by atoms with Crippen molar-refractivity contribution in [2.24, 2.45) is 0 Å². The van der Waals surface area contributed by atoms with Gasteiger partial charge in [-0.15, -0.1) is 0 Å². The Labute approximate surface area is 160 Å². The average Bonchev–Trinajstić information content (AvgIpc) is 3.14. The molecule has 2 aromatic rings. The first-order valence-electron chi connectivity index (χ1n) is 9.09. The van der Waals surface area contributed by atoms with Gasteiger partial charge in [0.2, 0.25) is 0 Å². The molecular weight excluding hydrogens is 364 g/mol. The first-order chi connectivity index (χ1) is 12.8. The molecule has 7 heteroatoms. The Morgan fingerprint density at radius 3 is 2.56 bits per heavy atom. The highest BCUT2D eigenvalue weighted by atomic mass is 32.2. The monoisotopic (exact) mass is 390 g/mol. The lowest BCUT2D eigenvalue weighted by Gasteiger charge is -2.28. The van der Waals surface area contributed by atoms with Gasteiger partial charge in [0.05, 0.1) is 23.7 Å².